The number of methoxy groups -OCH3 is 3. The highest BCUT2D eigenvalue weighted by atomic mass is 16.5. The van der Waals surface area contributed by atoms with Crippen molar-refractivity contribution in [3.05, 3.63) is 52.6 Å². The topological polar surface area (TPSA) is 63.2 Å². The molecule has 6 heteroatoms. The molecule has 0 radical (unpaired) electrons. The van der Waals surface area contributed by atoms with E-state index in [1.54, 1.807) is 21.3 Å². The van der Waals surface area contributed by atoms with E-state index in [9.17, 15) is 5.11 Å². The van der Waals surface area contributed by atoms with Gasteiger partial charge in [0.15, 0.2) is 23.0 Å². The summed E-state index contributed by atoms with van der Waals surface area (Å²) >= 11 is 0. The van der Waals surface area contributed by atoms with Crippen molar-refractivity contribution >= 4 is 5.70 Å². The number of rotatable bonds is 5. The third-order valence-corrected chi connectivity index (χ3v) is 7.99. The number of hydrogen-bond donors (Lipinski definition) is 2. The Labute approximate surface area is 202 Å². The van der Waals surface area contributed by atoms with Gasteiger partial charge in [0, 0.05) is 36.9 Å². The van der Waals surface area contributed by atoms with Gasteiger partial charge in [0.05, 0.1) is 21.3 Å². The zero-order valence-corrected chi connectivity index (χ0v) is 20.7. The predicted molar refractivity (Wildman–Crippen MR) is 134 cm³/mol. The normalized spacial score (nSPS) is 25.1. The number of nitrogens with one attached hydrogen (secondary N) is 1. The van der Waals surface area contributed by atoms with Crippen molar-refractivity contribution < 1.29 is 19.3 Å². The minimum Gasteiger partial charge on any atom is -0.504 e. The molecule has 6 nitrogen and oxygen atoms in total. The molecule has 5 rings (SSSR count). The molecule has 0 bridgehead atoms. The maximum Gasteiger partial charge on any atom is 0.161 e. The fourth-order valence-corrected chi connectivity index (χ4v) is 6.12. The highest BCUT2D eigenvalue weighted by Crippen LogP contribution is 2.46. The third kappa shape index (κ3) is 3.98. The second-order valence-electron chi connectivity index (χ2n) is 9.67. The molecule has 34 heavy (non-hydrogen) atoms. The average Bonchev–Trinajstić information content (AvgIpc) is 2.87. The number of benzene rings is 2. The molecule has 0 aromatic heterocycles. The van der Waals surface area contributed by atoms with Crippen LogP contribution in [-0.2, 0) is 12.8 Å². The van der Waals surface area contributed by atoms with Crippen molar-refractivity contribution in [3.8, 4) is 23.0 Å². The SMILES string of the molecule is CC[C@H]1CN2CCc3cc(OC)c(OC)cc3[C@@H]2C[C@@H]1C=C1NCCc2cc(O)c(OC)cc21. The summed E-state index contributed by atoms with van der Waals surface area (Å²) in [7, 11) is 5.02. The summed E-state index contributed by atoms with van der Waals surface area (Å²) in [4.78, 5) is 2.67. The van der Waals surface area contributed by atoms with Gasteiger partial charge in [-0.2, -0.15) is 0 Å². The number of phenols is 1. The van der Waals surface area contributed by atoms with Gasteiger partial charge in [-0.15, -0.1) is 0 Å². The molecule has 3 aliphatic rings. The number of piperidine rings is 1. The van der Waals surface area contributed by atoms with Gasteiger partial charge >= 0.3 is 0 Å². The second kappa shape index (κ2) is 9.41. The highest BCUT2D eigenvalue weighted by molar-refractivity contribution is 5.71. The molecule has 2 N–H and O–H groups in total. The second-order valence-corrected chi connectivity index (χ2v) is 9.67. The van der Waals surface area contributed by atoms with Crippen LogP contribution in [0.3, 0.4) is 0 Å². The van der Waals surface area contributed by atoms with Gasteiger partial charge in [-0.05, 0) is 72.1 Å². The van der Waals surface area contributed by atoms with E-state index >= 15 is 0 Å². The largest absolute Gasteiger partial charge is 0.504 e. The van der Waals surface area contributed by atoms with Crippen LogP contribution in [0.15, 0.2) is 30.3 Å². The van der Waals surface area contributed by atoms with E-state index < -0.39 is 0 Å². The average molecular weight is 465 g/mol. The van der Waals surface area contributed by atoms with Crippen molar-refractivity contribution in [2.24, 2.45) is 11.8 Å². The van der Waals surface area contributed by atoms with Crippen molar-refractivity contribution in [2.45, 2.75) is 38.6 Å². The van der Waals surface area contributed by atoms with E-state index in [1.807, 2.05) is 12.1 Å². The summed E-state index contributed by atoms with van der Waals surface area (Å²) in [6.07, 6.45) is 6.64. The van der Waals surface area contributed by atoms with Crippen LogP contribution in [0, 0.1) is 11.8 Å². The van der Waals surface area contributed by atoms with E-state index in [2.05, 4.69) is 35.3 Å². The number of hydrogen-bond acceptors (Lipinski definition) is 6. The van der Waals surface area contributed by atoms with Gasteiger partial charge in [-0.25, -0.2) is 0 Å². The third-order valence-electron chi connectivity index (χ3n) is 7.99. The van der Waals surface area contributed by atoms with Crippen LogP contribution in [0.25, 0.3) is 5.70 Å². The van der Waals surface area contributed by atoms with Crippen LogP contribution in [0.5, 0.6) is 23.0 Å². The van der Waals surface area contributed by atoms with Crippen LogP contribution in [0.1, 0.15) is 48.1 Å². The van der Waals surface area contributed by atoms with E-state index in [0.29, 0.717) is 23.6 Å². The molecule has 2 aromatic rings. The number of phenolic OH excluding ortho intramolecular Hbond substituents is 1. The summed E-state index contributed by atoms with van der Waals surface area (Å²) in [6, 6.07) is 8.59. The minimum absolute atomic E-state index is 0.213. The number of fused-ring (bicyclic) bond motifs is 4. The lowest BCUT2D eigenvalue weighted by molar-refractivity contribution is 0.0693. The Kier molecular flexibility index (Phi) is 6.34. The molecule has 0 amide bonds. The standard InChI is InChI=1S/C28H36N2O4/c1-5-17-16-30-9-7-19-13-27(33-3)28(34-4)15-22(19)24(30)11-20(17)10-23-21-14-26(32-2)25(31)12-18(21)6-8-29-23/h10,12-15,17,20,24,29,31H,5-9,11,16H2,1-4H3/t17-,20-,24-/m0/s1. The first kappa shape index (κ1) is 22.9. The Morgan fingerprint density at radius 3 is 2.50 bits per heavy atom. The number of nitrogens with zero attached hydrogens (tertiary/aromatic N) is 1. The lowest BCUT2D eigenvalue weighted by Crippen LogP contribution is -2.45. The molecule has 3 atom stereocenters. The zero-order valence-electron chi connectivity index (χ0n) is 20.7. The van der Waals surface area contributed by atoms with Gasteiger partial charge in [0.1, 0.15) is 0 Å². The molecule has 0 aliphatic carbocycles. The van der Waals surface area contributed by atoms with Crippen molar-refractivity contribution in [2.75, 3.05) is 41.0 Å². The summed E-state index contributed by atoms with van der Waals surface area (Å²) < 4.78 is 16.6. The molecule has 0 spiro atoms. The Balaban J connectivity index is 1.50. The number of allylic oxidation sites excluding steroid dienone is 1. The van der Waals surface area contributed by atoms with Crippen LogP contribution in [0.4, 0.5) is 0 Å². The smallest absolute Gasteiger partial charge is 0.161 e. The van der Waals surface area contributed by atoms with Gasteiger partial charge in [0.25, 0.3) is 0 Å². The molecule has 0 saturated carbocycles. The first-order valence-corrected chi connectivity index (χ1v) is 12.4. The molecule has 0 unspecified atom stereocenters. The predicted octanol–water partition coefficient (Wildman–Crippen LogP) is 4.55. The Morgan fingerprint density at radius 2 is 1.76 bits per heavy atom. The molecule has 3 heterocycles. The first-order chi connectivity index (χ1) is 16.6. The summed E-state index contributed by atoms with van der Waals surface area (Å²) in [5.41, 5.74) is 6.24. The number of ether oxygens (including phenoxy) is 3. The monoisotopic (exact) mass is 464 g/mol. The van der Waals surface area contributed by atoms with Crippen LogP contribution < -0.4 is 19.5 Å². The van der Waals surface area contributed by atoms with Crippen molar-refractivity contribution in [1.82, 2.24) is 10.2 Å². The van der Waals surface area contributed by atoms with Crippen LogP contribution >= 0.6 is 0 Å². The van der Waals surface area contributed by atoms with Gasteiger partial charge < -0.3 is 24.6 Å². The lowest BCUT2D eigenvalue weighted by Gasteiger charge is -2.47. The molecular formula is C28H36N2O4. The quantitative estimate of drug-likeness (QED) is 0.677. The van der Waals surface area contributed by atoms with Crippen LogP contribution in [-0.4, -0.2) is 51.0 Å². The van der Waals surface area contributed by atoms with Crippen molar-refractivity contribution in [1.29, 1.82) is 0 Å². The van der Waals surface area contributed by atoms with Gasteiger partial charge in [-0.3, -0.25) is 4.90 Å². The summed E-state index contributed by atoms with van der Waals surface area (Å²) in [5, 5.41) is 13.9. The summed E-state index contributed by atoms with van der Waals surface area (Å²) in [5.74, 6) is 3.43. The first-order valence-electron chi connectivity index (χ1n) is 12.4. The molecule has 182 valence electrons. The number of aromatic hydroxyl groups is 1. The Hall–Kier alpha value is -2.86. The van der Waals surface area contributed by atoms with E-state index in [-0.39, 0.29) is 5.75 Å². The maximum atomic E-state index is 10.3. The lowest BCUT2D eigenvalue weighted by atomic mass is 9.75. The van der Waals surface area contributed by atoms with Crippen LogP contribution in [0.2, 0.25) is 0 Å². The Morgan fingerprint density at radius 1 is 1.00 bits per heavy atom. The molecule has 2 aromatic carbocycles. The van der Waals surface area contributed by atoms with Gasteiger partial charge in [0.2, 0.25) is 0 Å². The molecule has 1 saturated heterocycles. The Bertz CT molecular complexity index is 1100. The zero-order chi connectivity index (χ0) is 23.8. The molecule has 1 fully saturated rings. The molecule has 3 aliphatic heterocycles. The minimum atomic E-state index is 0.213. The summed E-state index contributed by atoms with van der Waals surface area (Å²) in [6.45, 7) is 5.38. The van der Waals surface area contributed by atoms with Crippen molar-refractivity contribution in [3.63, 3.8) is 0 Å². The van der Waals surface area contributed by atoms with Gasteiger partial charge in [-0.1, -0.05) is 19.4 Å². The van der Waals surface area contributed by atoms with E-state index in [1.165, 1.54) is 22.4 Å². The fourth-order valence-electron chi connectivity index (χ4n) is 6.12. The van der Waals surface area contributed by atoms with E-state index in [4.69, 9.17) is 14.2 Å². The highest BCUT2D eigenvalue weighted by Gasteiger charge is 2.38. The molecular weight excluding hydrogens is 428 g/mol. The fraction of sp³-hybridized carbons (Fsp3) is 0.500. The van der Waals surface area contributed by atoms with E-state index in [0.717, 1.165) is 62.4 Å². The maximum absolute atomic E-state index is 10.3.